The van der Waals surface area contributed by atoms with E-state index in [2.05, 4.69) is 4.74 Å². The largest absolute Gasteiger partial charge is 0.497 e. The quantitative estimate of drug-likeness (QED) is 0.560. The van der Waals surface area contributed by atoms with Crippen molar-refractivity contribution in [2.24, 2.45) is 0 Å². The highest BCUT2D eigenvalue weighted by Crippen LogP contribution is 2.31. The Morgan fingerprint density at radius 2 is 1.69 bits per heavy atom. The molecule has 0 heterocycles. The predicted octanol–water partition coefficient (Wildman–Crippen LogP) is 3.20. The second-order valence-corrected chi connectivity index (χ2v) is 5.19. The molecule has 0 saturated carbocycles. The first-order chi connectivity index (χ1) is 12.6. The molecule has 0 radical (unpaired) electrons. The van der Waals surface area contributed by atoms with E-state index in [1.807, 2.05) is 36.4 Å². The molecule has 2 aromatic carbocycles. The van der Waals surface area contributed by atoms with Crippen LogP contribution in [-0.4, -0.2) is 39.9 Å². The molecule has 136 valence electrons. The molecule has 0 aromatic heterocycles. The fourth-order valence-corrected chi connectivity index (χ4v) is 2.24. The Balaban J connectivity index is 2.48. The van der Waals surface area contributed by atoms with Crippen molar-refractivity contribution in [3.63, 3.8) is 0 Å². The Labute approximate surface area is 151 Å². The molecule has 0 unspecified atom stereocenters. The van der Waals surface area contributed by atoms with Gasteiger partial charge in [0, 0.05) is 6.07 Å². The van der Waals surface area contributed by atoms with Crippen molar-refractivity contribution < 1.29 is 28.5 Å². The van der Waals surface area contributed by atoms with Gasteiger partial charge in [-0.1, -0.05) is 42.5 Å². The first-order valence-electron chi connectivity index (χ1n) is 7.82. The van der Waals surface area contributed by atoms with Crippen molar-refractivity contribution in [3.8, 4) is 11.5 Å². The maximum absolute atomic E-state index is 12.3. The maximum Gasteiger partial charge on any atom is 0.343 e. The van der Waals surface area contributed by atoms with Crippen LogP contribution >= 0.6 is 0 Å². The van der Waals surface area contributed by atoms with E-state index in [0.717, 1.165) is 5.56 Å². The number of ether oxygens (including phenoxy) is 4. The Hall–Kier alpha value is -3.28. The summed E-state index contributed by atoms with van der Waals surface area (Å²) in [5.74, 6) is -0.496. The summed E-state index contributed by atoms with van der Waals surface area (Å²) >= 11 is 0. The van der Waals surface area contributed by atoms with Crippen molar-refractivity contribution in [1.82, 2.24) is 0 Å². The minimum Gasteiger partial charge on any atom is -0.497 e. The molecule has 0 fully saturated rings. The average Bonchev–Trinajstić information content (AvgIpc) is 2.69. The van der Waals surface area contributed by atoms with Gasteiger partial charge >= 0.3 is 11.9 Å². The lowest BCUT2D eigenvalue weighted by atomic mass is 10.0. The molecule has 2 aromatic rings. The fraction of sp³-hybridized carbons (Fsp3) is 0.200. The molecule has 0 saturated heterocycles. The molecule has 0 aliphatic carbocycles. The van der Waals surface area contributed by atoms with Crippen LogP contribution in [0.5, 0.6) is 11.5 Å². The molecular weight excluding hydrogens is 336 g/mol. The summed E-state index contributed by atoms with van der Waals surface area (Å²) < 4.78 is 20.2. The number of rotatable bonds is 7. The summed E-state index contributed by atoms with van der Waals surface area (Å²) in [6.45, 7) is -0.338. The summed E-state index contributed by atoms with van der Waals surface area (Å²) in [7, 11) is 4.04. The first-order valence-corrected chi connectivity index (χ1v) is 7.82. The molecule has 0 aliphatic rings. The Bertz CT molecular complexity index is 795. The molecule has 6 heteroatoms. The van der Waals surface area contributed by atoms with E-state index in [4.69, 9.17) is 14.2 Å². The van der Waals surface area contributed by atoms with E-state index in [0.29, 0.717) is 11.3 Å². The Kier molecular flexibility index (Phi) is 6.79. The SMILES string of the molecule is COC(=O)COc1cc(OC)cc(/C=C/c2ccccc2)c1C(=O)OC. The summed E-state index contributed by atoms with van der Waals surface area (Å²) in [5, 5.41) is 0. The Morgan fingerprint density at radius 3 is 2.31 bits per heavy atom. The lowest BCUT2D eigenvalue weighted by Gasteiger charge is -2.14. The summed E-state index contributed by atoms with van der Waals surface area (Å²) in [6, 6.07) is 12.8. The highest BCUT2D eigenvalue weighted by Gasteiger charge is 2.20. The van der Waals surface area contributed by atoms with E-state index in [9.17, 15) is 9.59 Å². The number of esters is 2. The van der Waals surface area contributed by atoms with E-state index >= 15 is 0 Å². The highest BCUT2D eigenvalue weighted by molar-refractivity contribution is 5.98. The molecule has 0 amide bonds. The zero-order valence-electron chi connectivity index (χ0n) is 14.9. The average molecular weight is 356 g/mol. The maximum atomic E-state index is 12.3. The summed E-state index contributed by atoms with van der Waals surface area (Å²) in [6.07, 6.45) is 3.61. The standard InChI is InChI=1S/C20H20O6/c1-23-16-11-15(10-9-14-7-5-4-6-8-14)19(20(22)25-3)17(12-16)26-13-18(21)24-2/h4-12H,13H2,1-3H3/b10-9+. The zero-order valence-corrected chi connectivity index (χ0v) is 14.9. The molecule has 6 nitrogen and oxygen atoms in total. The van der Waals surface area contributed by atoms with E-state index < -0.39 is 11.9 Å². The predicted molar refractivity (Wildman–Crippen MR) is 97.2 cm³/mol. The second kappa shape index (κ2) is 9.27. The van der Waals surface area contributed by atoms with Crippen LogP contribution in [0.1, 0.15) is 21.5 Å². The second-order valence-electron chi connectivity index (χ2n) is 5.19. The van der Waals surface area contributed by atoms with E-state index in [1.165, 1.54) is 27.4 Å². The van der Waals surface area contributed by atoms with Crippen LogP contribution < -0.4 is 9.47 Å². The zero-order chi connectivity index (χ0) is 18.9. The van der Waals surface area contributed by atoms with Crippen LogP contribution in [0, 0.1) is 0 Å². The minimum absolute atomic E-state index is 0.175. The monoisotopic (exact) mass is 356 g/mol. The van der Waals surface area contributed by atoms with Crippen molar-refractivity contribution in [2.75, 3.05) is 27.9 Å². The molecule has 0 N–H and O–H groups in total. The van der Waals surface area contributed by atoms with Crippen LogP contribution in [0.15, 0.2) is 42.5 Å². The van der Waals surface area contributed by atoms with Crippen LogP contribution in [-0.2, 0) is 14.3 Å². The highest BCUT2D eigenvalue weighted by atomic mass is 16.6. The van der Waals surface area contributed by atoms with Crippen LogP contribution in [0.2, 0.25) is 0 Å². The van der Waals surface area contributed by atoms with Gasteiger partial charge in [-0.25, -0.2) is 9.59 Å². The summed E-state index contributed by atoms with van der Waals surface area (Å²) in [4.78, 5) is 23.7. The van der Waals surface area contributed by atoms with Crippen LogP contribution in [0.3, 0.4) is 0 Å². The van der Waals surface area contributed by atoms with Crippen LogP contribution in [0.25, 0.3) is 12.2 Å². The van der Waals surface area contributed by atoms with Gasteiger partial charge in [0.15, 0.2) is 6.61 Å². The lowest BCUT2D eigenvalue weighted by Crippen LogP contribution is -2.15. The van der Waals surface area contributed by atoms with Gasteiger partial charge in [0.1, 0.15) is 17.1 Å². The van der Waals surface area contributed by atoms with Crippen molar-refractivity contribution in [2.45, 2.75) is 0 Å². The summed E-state index contributed by atoms with van der Waals surface area (Å²) in [5.41, 5.74) is 1.70. The van der Waals surface area contributed by atoms with Gasteiger partial charge in [0.2, 0.25) is 0 Å². The molecule has 0 aliphatic heterocycles. The van der Waals surface area contributed by atoms with Gasteiger partial charge in [-0.15, -0.1) is 0 Å². The number of hydrogen-bond acceptors (Lipinski definition) is 6. The number of hydrogen-bond donors (Lipinski definition) is 0. The van der Waals surface area contributed by atoms with Crippen molar-refractivity contribution in [3.05, 3.63) is 59.2 Å². The van der Waals surface area contributed by atoms with Gasteiger partial charge in [-0.3, -0.25) is 0 Å². The number of carbonyl (C=O) groups is 2. The Morgan fingerprint density at radius 1 is 0.962 bits per heavy atom. The molecule has 0 spiro atoms. The smallest absolute Gasteiger partial charge is 0.343 e. The van der Waals surface area contributed by atoms with Gasteiger partial charge in [-0.2, -0.15) is 0 Å². The molecule has 26 heavy (non-hydrogen) atoms. The third kappa shape index (κ3) is 4.86. The van der Waals surface area contributed by atoms with E-state index in [-0.39, 0.29) is 17.9 Å². The van der Waals surface area contributed by atoms with Crippen molar-refractivity contribution >= 4 is 24.1 Å². The molecular formula is C20H20O6. The number of benzene rings is 2. The number of carbonyl (C=O) groups excluding carboxylic acids is 2. The topological polar surface area (TPSA) is 71.1 Å². The minimum atomic E-state index is -0.583. The van der Waals surface area contributed by atoms with Gasteiger partial charge in [-0.05, 0) is 17.2 Å². The van der Waals surface area contributed by atoms with Gasteiger partial charge < -0.3 is 18.9 Å². The third-order valence-electron chi connectivity index (χ3n) is 3.56. The van der Waals surface area contributed by atoms with Gasteiger partial charge in [0.25, 0.3) is 0 Å². The lowest BCUT2D eigenvalue weighted by molar-refractivity contribution is -0.142. The third-order valence-corrected chi connectivity index (χ3v) is 3.56. The van der Waals surface area contributed by atoms with Crippen LogP contribution in [0.4, 0.5) is 0 Å². The normalized spacial score (nSPS) is 10.4. The van der Waals surface area contributed by atoms with Crippen molar-refractivity contribution in [1.29, 1.82) is 0 Å². The number of methoxy groups -OCH3 is 3. The van der Waals surface area contributed by atoms with E-state index in [1.54, 1.807) is 12.1 Å². The first kappa shape index (κ1) is 19.1. The molecule has 2 rings (SSSR count). The van der Waals surface area contributed by atoms with Gasteiger partial charge in [0.05, 0.1) is 21.3 Å². The fourth-order valence-electron chi connectivity index (χ4n) is 2.24. The molecule has 0 atom stereocenters. The molecule has 0 bridgehead atoms.